The maximum atomic E-state index is 12.5. The van der Waals surface area contributed by atoms with Gasteiger partial charge < -0.3 is 20.2 Å². The Bertz CT molecular complexity index is 860. The van der Waals surface area contributed by atoms with Crippen molar-refractivity contribution in [2.75, 3.05) is 6.54 Å². The highest BCUT2D eigenvalue weighted by Crippen LogP contribution is 2.19. The molecular formula is C19H23F3N2O8S. The SMILES string of the molecule is C[C@H](NC(CCC(=O)c1cccs1)C(=O)O)C(=O)N1CCC[C@H]1C(=O)O.O=C(O)C(F)(F)F. The van der Waals surface area contributed by atoms with Crippen LogP contribution >= 0.6 is 11.3 Å². The lowest BCUT2D eigenvalue weighted by molar-refractivity contribution is -0.192. The number of carbonyl (C=O) groups excluding carboxylic acids is 2. The number of amides is 1. The van der Waals surface area contributed by atoms with Crippen LogP contribution in [0.25, 0.3) is 0 Å². The van der Waals surface area contributed by atoms with Gasteiger partial charge in [0.25, 0.3) is 0 Å². The fraction of sp³-hybridized carbons (Fsp3) is 0.526. The largest absolute Gasteiger partial charge is 0.490 e. The Morgan fingerprint density at radius 1 is 1.21 bits per heavy atom. The van der Waals surface area contributed by atoms with E-state index < -0.39 is 48.1 Å². The van der Waals surface area contributed by atoms with Gasteiger partial charge >= 0.3 is 24.1 Å². The van der Waals surface area contributed by atoms with Crippen molar-refractivity contribution in [2.45, 2.75) is 56.9 Å². The fourth-order valence-corrected chi connectivity index (χ4v) is 3.72. The van der Waals surface area contributed by atoms with E-state index >= 15 is 0 Å². The molecule has 1 aliphatic heterocycles. The number of carbonyl (C=O) groups is 5. The molecule has 1 aromatic heterocycles. The summed E-state index contributed by atoms with van der Waals surface area (Å²) in [4.78, 5) is 57.9. The van der Waals surface area contributed by atoms with Gasteiger partial charge in [0, 0.05) is 13.0 Å². The second-order valence-electron chi connectivity index (χ2n) is 7.05. The minimum absolute atomic E-state index is 0.0477. The lowest BCUT2D eigenvalue weighted by Crippen LogP contribution is -2.53. The molecule has 2 rings (SSSR count). The molecule has 4 N–H and O–H groups in total. The third-order valence-corrected chi connectivity index (χ3v) is 5.55. The monoisotopic (exact) mass is 496 g/mol. The van der Waals surface area contributed by atoms with Gasteiger partial charge in [-0.1, -0.05) is 6.07 Å². The Balaban J connectivity index is 0.000000675. The number of thiophene rings is 1. The highest BCUT2D eigenvalue weighted by atomic mass is 32.1. The fourth-order valence-electron chi connectivity index (χ4n) is 3.02. The number of aliphatic carboxylic acids is 3. The van der Waals surface area contributed by atoms with Gasteiger partial charge in [0.2, 0.25) is 5.91 Å². The Morgan fingerprint density at radius 2 is 1.82 bits per heavy atom. The zero-order valence-electron chi connectivity index (χ0n) is 17.4. The molecule has 0 spiro atoms. The lowest BCUT2D eigenvalue weighted by Gasteiger charge is -2.27. The van der Waals surface area contributed by atoms with Crippen LogP contribution in [0, 0.1) is 0 Å². The topological polar surface area (TPSA) is 161 Å². The van der Waals surface area contributed by atoms with E-state index in [1.807, 2.05) is 0 Å². The van der Waals surface area contributed by atoms with Crippen molar-refractivity contribution in [2.24, 2.45) is 0 Å². The number of carboxylic acid groups (broad SMARTS) is 3. The molecule has 1 amide bonds. The standard InChI is InChI=1S/C17H22N2O6S.C2HF3O2/c1-10(15(21)19-8-2-4-12(19)17(24)25)18-11(16(22)23)6-7-13(20)14-5-3-9-26-14;3-2(4,5)1(6)7/h3,5,9-12,18H,2,4,6-8H2,1H3,(H,22,23)(H,24,25);(H,6,7)/t10-,11?,12-;/m0./s1. The second-order valence-corrected chi connectivity index (χ2v) is 8.00. The van der Waals surface area contributed by atoms with Crippen LogP contribution < -0.4 is 5.32 Å². The van der Waals surface area contributed by atoms with Crippen molar-refractivity contribution in [3.05, 3.63) is 22.4 Å². The second kappa shape index (κ2) is 12.3. The molecule has 10 nitrogen and oxygen atoms in total. The summed E-state index contributed by atoms with van der Waals surface area (Å²) in [5, 5.41) is 30.2. The van der Waals surface area contributed by atoms with Crippen molar-refractivity contribution >= 4 is 40.9 Å². The van der Waals surface area contributed by atoms with Gasteiger partial charge in [0.15, 0.2) is 5.78 Å². The first kappa shape index (κ1) is 28.0. The van der Waals surface area contributed by atoms with E-state index in [1.165, 1.54) is 23.2 Å². The molecule has 0 aromatic carbocycles. The number of carboxylic acids is 3. The zero-order chi connectivity index (χ0) is 25.3. The molecular weight excluding hydrogens is 473 g/mol. The predicted octanol–water partition coefficient (Wildman–Crippen LogP) is 1.85. The van der Waals surface area contributed by atoms with E-state index in [2.05, 4.69) is 5.32 Å². The van der Waals surface area contributed by atoms with Gasteiger partial charge in [-0.05, 0) is 37.6 Å². The van der Waals surface area contributed by atoms with Crippen LogP contribution in [0.1, 0.15) is 42.3 Å². The molecule has 0 radical (unpaired) electrons. The first-order valence-electron chi connectivity index (χ1n) is 9.64. The van der Waals surface area contributed by atoms with Crippen molar-refractivity contribution in [1.29, 1.82) is 0 Å². The van der Waals surface area contributed by atoms with Gasteiger partial charge in [-0.15, -0.1) is 11.3 Å². The van der Waals surface area contributed by atoms with E-state index in [4.69, 9.17) is 9.90 Å². The Morgan fingerprint density at radius 3 is 2.27 bits per heavy atom. The molecule has 0 saturated carbocycles. The van der Waals surface area contributed by atoms with Crippen LogP contribution in [0.3, 0.4) is 0 Å². The van der Waals surface area contributed by atoms with E-state index in [-0.39, 0.29) is 18.6 Å². The van der Waals surface area contributed by atoms with Crippen LogP contribution in [0.4, 0.5) is 13.2 Å². The summed E-state index contributed by atoms with van der Waals surface area (Å²) in [7, 11) is 0. The van der Waals surface area contributed by atoms with E-state index in [0.717, 1.165) is 0 Å². The van der Waals surface area contributed by atoms with Gasteiger partial charge in [0.1, 0.15) is 12.1 Å². The molecule has 1 fully saturated rings. The van der Waals surface area contributed by atoms with Crippen LogP contribution in [0.2, 0.25) is 0 Å². The molecule has 33 heavy (non-hydrogen) atoms. The predicted molar refractivity (Wildman–Crippen MR) is 108 cm³/mol. The first-order valence-corrected chi connectivity index (χ1v) is 10.5. The molecule has 1 saturated heterocycles. The van der Waals surface area contributed by atoms with Crippen LogP contribution in [-0.4, -0.2) is 80.7 Å². The molecule has 1 aliphatic rings. The maximum absolute atomic E-state index is 12.5. The molecule has 184 valence electrons. The number of Topliss-reactive ketones (excluding diaryl/α,β-unsaturated/α-hetero) is 1. The smallest absolute Gasteiger partial charge is 0.480 e. The Kier molecular flexibility index (Phi) is 10.4. The van der Waals surface area contributed by atoms with Gasteiger partial charge in [-0.25, -0.2) is 9.59 Å². The molecule has 2 heterocycles. The minimum Gasteiger partial charge on any atom is -0.480 e. The summed E-state index contributed by atoms with van der Waals surface area (Å²) in [5.41, 5.74) is 0. The maximum Gasteiger partial charge on any atom is 0.490 e. The summed E-state index contributed by atoms with van der Waals surface area (Å²) in [6.45, 7) is 1.85. The third-order valence-electron chi connectivity index (χ3n) is 4.64. The van der Waals surface area contributed by atoms with E-state index in [9.17, 15) is 42.6 Å². The number of rotatable bonds is 9. The van der Waals surface area contributed by atoms with Crippen molar-refractivity contribution < 1.29 is 52.5 Å². The minimum atomic E-state index is -5.08. The highest BCUT2D eigenvalue weighted by Gasteiger charge is 2.38. The van der Waals surface area contributed by atoms with E-state index in [0.29, 0.717) is 24.3 Å². The number of halogens is 3. The zero-order valence-corrected chi connectivity index (χ0v) is 18.2. The first-order chi connectivity index (χ1) is 15.3. The van der Waals surface area contributed by atoms with Gasteiger partial charge in [-0.3, -0.25) is 19.7 Å². The molecule has 14 heteroatoms. The molecule has 1 unspecified atom stereocenters. The Hall–Kier alpha value is -3.00. The lowest BCUT2D eigenvalue weighted by atomic mass is 10.1. The van der Waals surface area contributed by atoms with Crippen LogP contribution in [0.15, 0.2) is 17.5 Å². The van der Waals surface area contributed by atoms with Crippen molar-refractivity contribution in [3.63, 3.8) is 0 Å². The average Bonchev–Trinajstić information content (AvgIpc) is 3.41. The molecule has 1 aromatic rings. The number of hydrogen-bond acceptors (Lipinski definition) is 7. The summed E-state index contributed by atoms with van der Waals surface area (Å²) in [5.74, 6) is -5.55. The van der Waals surface area contributed by atoms with Gasteiger partial charge in [-0.2, -0.15) is 13.2 Å². The summed E-state index contributed by atoms with van der Waals surface area (Å²) < 4.78 is 31.7. The molecule has 0 bridgehead atoms. The number of alkyl halides is 3. The molecule has 3 atom stereocenters. The average molecular weight is 496 g/mol. The van der Waals surface area contributed by atoms with E-state index in [1.54, 1.807) is 17.5 Å². The number of nitrogens with one attached hydrogen (secondary N) is 1. The van der Waals surface area contributed by atoms with Crippen LogP contribution in [-0.2, 0) is 19.2 Å². The summed E-state index contributed by atoms with van der Waals surface area (Å²) in [6.07, 6.45) is -3.99. The number of hydrogen-bond donors (Lipinski definition) is 4. The summed E-state index contributed by atoms with van der Waals surface area (Å²) in [6, 6.07) is 0.648. The molecule has 0 aliphatic carbocycles. The number of ketones is 1. The quantitative estimate of drug-likeness (QED) is 0.374. The normalized spacial score (nSPS) is 17.5. The van der Waals surface area contributed by atoms with Crippen molar-refractivity contribution in [1.82, 2.24) is 10.2 Å². The van der Waals surface area contributed by atoms with Crippen LogP contribution in [0.5, 0.6) is 0 Å². The Labute approximate surface area is 190 Å². The third kappa shape index (κ3) is 8.81. The van der Waals surface area contributed by atoms with Crippen molar-refractivity contribution in [3.8, 4) is 0 Å². The number of likely N-dealkylation sites (tertiary alicyclic amines) is 1. The number of nitrogens with zero attached hydrogens (tertiary/aromatic N) is 1. The summed E-state index contributed by atoms with van der Waals surface area (Å²) >= 11 is 1.30. The highest BCUT2D eigenvalue weighted by molar-refractivity contribution is 7.12. The van der Waals surface area contributed by atoms with Gasteiger partial charge in [0.05, 0.1) is 10.9 Å².